The average Bonchev–Trinajstić information content (AvgIpc) is 1.53. The highest BCUT2D eigenvalue weighted by Gasteiger charge is 2.33. The van der Waals surface area contributed by atoms with Gasteiger partial charge in [-0.25, -0.2) is 67.0 Å². The van der Waals surface area contributed by atoms with Crippen LogP contribution in [0.3, 0.4) is 0 Å². The number of aromatic nitrogens is 10. The van der Waals surface area contributed by atoms with Gasteiger partial charge in [-0.1, -0.05) is 139 Å². The molecule has 16 N–H and O–H groups in total. The highest BCUT2D eigenvalue weighted by molar-refractivity contribution is 6.30. The van der Waals surface area contributed by atoms with Gasteiger partial charge in [0.15, 0.2) is 0 Å². The number of anilines is 4. The summed E-state index contributed by atoms with van der Waals surface area (Å²) in [7, 11) is 2.68. The van der Waals surface area contributed by atoms with Crippen molar-refractivity contribution in [3.05, 3.63) is 315 Å². The number of piperidine rings is 3. The summed E-state index contributed by atoms with van der Waals surface area (Å²) in [5, 5.41) is 54.1. The van der Waals surface area contributed by atoms with Crippen LogP contribution in [0, 0.1) is 23.3 Å². The number of hydrogen-bond donors (Lipinski definition) is 12. The summed E-state index contributed by atoms with van der Waals surface area (Å²) in [6.07, 6.45) is 13.9. The lowest BCUT2D eigenvalue weighted by Gasteiger charge is -2.31. The van der Waals surface area contributed by atoms with E-state index in [1.807, 2.05) is 31.3 Å². The van der Waals surface area contributed by atoms with Crippen LogP contribution in [0.15, 0.2) is 225 Å². The summed E-state index contributed by atoms with van der Waals surface area (Å²) in [5.74, 6) is -5.21. The van der Waals surface area contributed by atoms with Crippen LogP contribution in [0.5, 0.6) is 0 Å². The second-order valence-corrected chi connectivity index (χ2v) is 33.8. The Bertz CT molecular complexity index is 6610. The van der Waals surface area contributed by atoms with Crippen LogP contribution in [0.25, 0.3) is 56.3 Å². The molecule has 0 aliphatic carbocycles. The van der Waals surface area contributed by atoms with Crippen molar-refractivity contribution >= 4 is 76.6 Å². The molecule has 3 unspecified atom stereocenters. The Morgan fingerprint density at radius 2 is 0.716 bits per heavy atom. The Balaban J connectivity index is 0.000000158. The number of methoxy groups -OCH3 is 2. The molecule has 5 aromatic heterocycles. The molecule has 0 bridgehead atoms. The van der Waals surface area contributed by atoms with E-state index >= 15 is 13.2 Å². The number of ether oxygens (including phenoxy) is 2. The van der Waals surface area contributed by atoms with Crippen molar-refractivity contribution in [2.24, 2.45) is 0 Å². The summed E-state index contributed by atoms with van der Waals surface area (Å²) in [5.41, 5.74) is 32.2. The van der Waals surface area contributed by atoms with E-state index in [0.717, 1.165) is 56.2 Å². The number of aliphatic hydroxyl groups is 4. The molecule has 8 heterocycles. The first-order valence-electron chi connectivity index (χ1n) is 45.3. The number of nitrogens with zero attached hydrogens (tertiary/aromatic N) is 13. The van der Waals surface area contributed by atoms with Gasteiger partial charge in [0.25, 0.3) is 23.6 Å². The number of amides is 7. The van der Waals surface area contributed by atoms with E-state index in [-0.39, 0.29) is 101 Å². The van der Waals surface area contributed by atoms with Crippen LogP contribution in [-0.4, -0.2) is 206 Å². The summed E-state index contributed by atoms with van der Waals surface area (Å²) >= 11 is 6.00. The van der Waals surface area contributed by atoms with E-state index in [1.165, 1.54) is 75.0 Å². The number of aryl methyl sites for hydroxylation is 1. The molecule has 3 aliphatic rings. The standard InChI is InChI=1S/C26H27ClFN5O4.C26H28FN5O4.C26H28FN5O3.C24H23FN6O2/c1-37-26(36)33-9-3-5-17(13-33)21-12-30-24(29)23(31-21)16-7-8-19(20(28)11-16)25(35)32-22(14-34)15-4-2-6-18(27)10-15;1-36-26(35)32-11-5-8-18(14-32)21-13-29-24(28)23(30-21)17-9-10-19(20(27)12-17)25(34)31-22(15-33)16-6-3-2-4-7-16;1-16(34)32-11-5-8-19(14-32)22-13-29-25(28)24(30-22)18-9-10-20(21(27)12-18)26(35)31-23(15-33)17-6-3-2-4-7-17;1-2-31-13-17(11-28-31)20-12-27-23(26)22(29-20)16-8-9-18(19(25)10-16)24(33)30-21(14-32)15-6-4-3-5-7-15/h2,4,6-8,10-12,17,22,34H,3,5,9,13-14H2,1H3,(H2,29,30)(H,32,35);2-4,6-7,9-10,12-13,18,22,33H,5,8,11,14-15H2,1H3,(H2,28,29)(H,31,34);2-4,6-7,9-10,12-13,19,23,33H,5,8,11,14-15H2,1H3,(H2,28,29)(H,31,35);3-13,21,32H,2,14H2,1H3,(H2,26,27)(H,30,33)/t17?,22-;18?,22-;19?,23-;21-/m1111/s1. The largest absolute Gasteiger partial charge is 0.453 e. The molecule has 141 heavy (non-hydrogen) atoms. The van der Waals surface area contributed by atoms with Crippen LogP contribution in [0.2, 0.25) is 5.02 Å². The van der Waals surface area contributed by atoms with Crippen molar-refractivity contribution in [2.45, 2.75) is 101 Å². The number of halogens is 5. The quantitative estimate of drug-likeness (QED) is 0.0236. The van der Waals surface area contributed by atoms with Crippen LogP contribution < -0.4 is 44.2 Å². The monoisotopic (exact) mass is 1940 g/mol. The molecule has 3 saturated heterocycles. The van der Waals surface area contributed by atoms with Crippen LogP contribution in [0.1, 0.15) is 175 Å². The number of nitrogens with two attached hydrogens (primary N) is 4. The third kappa shape index (κ3) is 26.0. The summed E-state index contributed by atoms with van der Waals surface area (Å²) in [4.78, 5) is 127. The van der Waals surface area contributed by atoms with Crippen molar-refractivity contribution in [3.8, 4) is 56.3 Å². The zero-order valence-electron chi connectivity index (χ0n) is 77.4. The summed E-state index contributed by atoms with van der Waals surface area (Å²) in [6, 6.07) is 47.3. The zero-order valence-corrected chi connectivity index (χ0v) is 78.2. The molecule has 13 aromatic rings. The molecule has 732 valence electrons. The number of aliphatic hydroxyl groups excluding tert-OH is 4. The van der Waals surface area contributed by atoms with Gasteiger partial charge in [-0.2, -0.15) is 5.10 Å². The van der Waals surface area contributed by atoms with Crippen molar-refractivity contribution < 1.29 is 81.0 Å². The Morgan fingerprint density at radius 3 is 1.02 bits per heavy atom. The van der Waals surface area contributed by atoms with E-state index in [1.54, 1.807) is 166 Å². The van der Waals surface area contributed by atoms with E-state index in [4.69, 9.17) is 44.0 Å². The molecule has 3 fully saturated rings. The van der Waals surface area contributed by atoms with Crippen LogP contribution in [0.4, 0.5) is 50.4 Å². The maximum absolute atomic E-state index is 15.1. The van der Waals surface area contributed by atoms with Gasteiger partial charge in [0.1, 0.15) is 69.3 Å². The maximum atomic E-state index is 15.1. The van der Waals surface area contributed by atoms with Crippen molar-refractivity contribution in [2.75, 3.05) is 103 Å². The second kappa shape index (κ2) is 48.5. The maximum Gasteiger partial charge on any atom is 0.409 e. The van der Waals surface area contributed by atoms with Crippen molar-refractivity contribution in [3.63, 3.8) is 0 Å². The molecule has 7 amide bonds. The van der Waals surface area contributed by atoms with Gasteiger partial charge in [-0.15, -0.1) is 0 Å². The molecule has 3 aliphatic heterocycles. The molecule has 34 nitrogen and oxygen atoms in total. The fraction of sp³-hybridized carbons (Fsp3) is 0.275. The highest BCUT2D eigenvalue weighted by Crippen LogP contribution is 2.37. The predicted molar refractivity (Wildman–Crippen MR) is 520 cm³/mol. The number of nitrogen functional groups attached to an aromatic ring is 4. The molecule has 7 atom stereocenters. The zero-order chi connectivity index (χ0) is 101. The topological polar surface area (TPSA) is 502 Å². The lowest BCUT2D eigenvalue weighted by atomic mass is 9.94. The minimum atomic E-state index is -0.779. The van der Waals surface area contributed by atoms with Gasteiger partial charge in [0.2, 0.25) is 5.91 Å². The first-order valence-corrected chi connectivity index (χ1v) is 45.7. The fourth-order valence-corrected chi connectivity index (χ4v) is 16.7. The van der Waals surface area contributed by atoms with Gasteiger partial charge in [-0.3, -0.25) is 28.7 Å². The number of hydrogen-bond acceptors (Lipinski definition) is 26. The molecule has 0 spiro atoms. The number of nitrogens with one attached hydrogen (secondary N) is 4. The van der Waals surface area contributed by atoms with Crippen LogP contribution in [-0.2, 0) is 20.8 Å². The van der Waals surface area contributed by atoms with E-state index in [9.17, 15) is 58.4 Å². The smallest absolute Gasteiger partial charge is 0.409 e. The van der Waals surface area contributed by atoms with Gasteiger partial charge in [0, 0.05) is 110 Å². The molecule has 0 radical (unpaired) electrons. The molecule has 16 rings (SSSR count). The van der Waals surface area contributed by atoms with Gasteiger partial charge in [0.05, 0.1) is 141 Å². The Hall–Kier alpha value is -15.8. The highest BCUT2D eigenvalue weighted by atomic mass is 35.5. The van der Waals surface area contributed by atoms with Gasteiger partial charge < -0.3 is 88.8 Å². The number of rotatable bonds is 25. The molecule has 39 heteroatoms. The number of carbonyl (C=O) groups is 7. The van der Waals surface area contributed by atoms with Gasteiger partial charge in [-0.05, 0) is 128 Å². The van der Waals surface area contributed by atoms with Crippen LogP contribution >= 0.6 is 11.6 Å². The summed E-state index contributed by atoms with van der Waals surface area (Å²) < 4.78 is 71.5. The molecular weight excluding hydrogens is 1840 g/mol. The van der Waals surface area contributed by atoms with E-state index in [2.05, 4.69) is 66.2 Å². The molecular formula is C102H106ClF4N21O13. The normalized spacial score (nSPS) is 15.3. The van der Waals surface area contributed by atoms with Gasteiger partial charge >= 0.3 is 12.2 Å². The SMILES string of the molecule is CC(=O)N1CCCC(c2cnc(N)c(-c3ccc(C(=O)N[C@H](CO)c4ccccc4)c(F)c3)n2)C1.CCn1cc(-c2cnc(N)c(-c3ccc(C(=O)N[C@H](CO)c4ccccc4)c(F)c3)n2)cn1.COC(=O)N1CCCC(c2cnc(N)c(-c3ccc(C(=O)N[C@H](CO)c4cccc(Cl)c4)c(F)c3)n2)C1.COC(=O)N1CCCC(c2cnc(N)c(-c3ccc(C(=O)N[C@H](CO)c4ccccc4)c(F)c3)n2)C1. The number of benzene rings is 8. The first-order chi connectivity index (χ1) is 68.1. The Morgan fingerprint density at radius 1 is 0.404 bits per heavy atom. The average molecular weight is 1950 g/mol. The Labute approximate surface area is 814 Å². The van der Waals surface area contributed by atoms with Crippen molar-refractivity contribution in [1.29, 1.82) is 0 Å². The van der Waals surface area contributed by atoms with E-state index < -0.39 is 83.3 Å². The number of likely N-dealkylation sites (tertiary alicyclic amines) is 3. The minimum absolute atomic E-state index is 0.0165. The first kappa shape index (κ1) is 103. The fourth-order valence-electron chi connectivity index (χ4n) is 16.5. The Kier molecular flexibility index (Phi) is 35.3. The minimum Gasteiger partial charge on any atom is -0.453 e. The predicted octanol–water partition coefficient (Wildman–Crippen LogP) is 13.5. The third-order valence-corrected chi connectivity index (χ3v) is 24.3. The lowest BCUT2D eigenvalue weighted by Crippen LogP contribution is -2.39. The molecule has 8 aromatic carbocycles. The second-order valence-electron chi connectivity index (χ2n) is 33.4. The molecule has 0 saturated carbocycles. The lowest BCUT2D eigenvalue weighted by molar-refractivity contribution is -0.130. The third-order valence-electron chi connectivity index (χ3n) is 24.1. The summed E-state index contributed by atoms with van der Waals surface area (Å²) in [6.45, 7) is 6.21. The van der Waals surface area contributed by atoms with E-state index in [0.29, 0.717) is 123 Å². The number of carbonyl (C=O) groups excluding carboxylic acids is 7. The van der Waals surface area contributed by atoms with Crippen molar-refractivity contribution in [1.82, 2.24) is 85.6 Å².